The molecule has 0 bridgehead atoms. The van der Waals surface area contributed by atoms with Gasteiger partial charge in [-0.2, -0.15) is 0 Å². The number of hydrogen-bond donors (Lipinski definition) is 2. The SMILES string of the molecule is CCCCNC(=O)N1CC(C(=O)NCc2cccnc2)CCC1c1ccc(F)c(C)c1. The Labute approximate surface area is 183 Å². The second-order valence-corrected chi connectivity index (χ2v) is 8.12. The van der Waals surface area contributed by atoms with Crippen LogP contribution < -0.4 is 10.6 Å². The summed E-state index contributed by atoms with van der Waals surface area (Å²) in [6, 6.07) is 8.38. The van der Waals surface area contributed by atoms with Crippen molar-refractivity contribution >= 4 is 11.9 Å². The summed E-state index contributed by atoms with van der Waals surface area (Å²) < 4.78 is 13.8. The van der Waals surface area contributed by atoms with Gasteiger partial charge in [-0.3, -0.25) is 9.78 Å². The van der Waals surface area contributed by atoms with E-state index in [0.29, 0.717) is 38.0 Å². The molecule has 0 spiro atoms. The number of urea groups is 1. The molecule has 2 atom stereocenters. The van der Waals surface area contributed by atoms with Crippen LogP contribution in [0.2, 0.25) is 0 Å². The highest BCUT2D eigenvalue weighted by atomic mass is 19.1. The van der Waals surface area contributed by atoms with Gasteiger partial charge in [0.05, 0.1) is 12.0 Å². The standard InChI is InChI=1S/C24H31FN4O2/c1-3-4-12-27-24(31)29-16-20(23(30)28-15-18-6-5-11-26-14-18)8-10-22(29)19-7-9-21(25)17(2)13-19/h5-7,9,11,13-14,20,22H,3-4,8,10,12,15-16H2,1-2H3,(H,27,31)(H,28,30). The van der Waals surface area contributed by atoms with Gasteiger partial charge in [-0.1, -0.05) is 31.5 Å². The van der Waals surface area contributed by atoms with E-state index in [1.807, 2.05) is 12.1 Å². The molecule has 2 aromatic rings. The third-order valence-corrected chi connectivity index (χ3v) is 5.78. The predicted octanol–water partition coefficient (Wildman–Crippen LogP) is 4.11. The lowest BCUT2D eigenvalue weighted by atomic mass is 9.88. The van der Waals surface area contributed by atoms with Crippen LogP contribution in [0.15, 0.2) is 42.7 Å². The lowest BCUT2D eigenvalue weighted by molar-refractivity contribution is -0.126. The Morgan fingerprint density at radius 3 is 2.77 bits per heavy atom. The van der Waals surface area contributed by atoms with Gasteiger partial charge in [0.25, 0.3) is 0 Å². The number of aryl methyl sites for hydroxylation is 1. The van der Waals surface area contributed by atoms with Crippen LogP contribution in [0, 0.1) is 18.7 Å². The van der Waals surface area contributed by atoms with Gasteiger partial charge < -0.3 is 15.5 Å². The number of halogens is 1. The van der Waals surface area contributed by atoms with Crippen molar-refractivity contribution in [2.45, 2.75) is 52.1 Å². The fraction of sp³-hybridized carbons (Fsp3) is 0.458. The molecule has 0 aliphatic carbocycles. The molecule has 0 saturated carbocycles. The van der Waals surface area contributed by atoms with Crippen LogP contribution in [0.5, 0.6) is 0 Å². The van der Waals surface area contributed by atoms with Gasteiger partial charge in [0.1, 0.15) is 5.82 Å². The second-order valence-electron chi connectivity index (χ2n) is 8.12. The van der Waals surface area contributed by atoms with Crippen LogP contribution in [0.4, 0.5) is 9.18 Å². The summed E-state index contributed by atoms with van der Waals surface area (Å²) in [6.45, 7) is 5.13. The summed E-state index contributed by atoms with van der Waals surface area (Å²) >= 11 is 0. The van der Waals surface area contributed by atoms with E-state index in [4.69, 9.17) is 0 Å². The van der Waals surface area contributed by atoms with E-state index in [1.165, 1.54) is 6.07 Å². The first-order chi connectivity index (χ1) is 15.0. The van der Waals surface area contributed by atoms with E-state index in [2.05, 4.69) is 22.5 Å². The maximum Gasteiger partial charge on any atom is 0.317 e. The van der Waals surface area contributed by atoms with E-state index in [0.717, 1.165) is 24.0 Å². The number of carbonyl (C=O) groups excluding carboxylic acids is 2. The number of aromatic nitrogens is 1. The first-order valence-corrected chi connectivity index (χ1v) is 11.0. The third-order valence-electron chi connectivity index (χ3n) is 5.78. The smallest absolute Gasteiger partial charge is 0.317 e. The summed E-state index contributed by atoms with van der Waals surface area (Å²) in [5.41, 5.74) is 2.39. The van der Waals surface area contributed by atoms with Gasteiger partial charge in [0.2, 0.25) is 5.91 Å². The van der Waals surface area contributed by atoms with Gasteiger partial charge >= 0.3 is 6.03 Å². The molecule has 3 rings (SSSR count). The highest BCUT2D eigenvalue weighted by Crippen LogP contribution is 2.34. The molecule has 6 nitrogen and oxygen atoms in total. The number of pyridine rings is 1. The number of benzene rings is 1. The lowest BCUT2D eigenvalue weighted by Gasteiger charge is -2.39. The molecule has 3 amide bonds. The van der Waals surface area contributed by atoms with E-state index in [-0.39, 0.29) is 29.7 Å². The summed E-state index contributed by atoms with van der Waals surface area (Å²) in [7, 11) is 0. The molecule has 0 radical (unpaired) electrons. The van der Waals surface area contributed by atoms with Crippen LogP contribution in [0.1, 0.15) is 55.3 Å². The van der Waals surface area contributed by atoms with Crippen molar-refractivity contribution in [2.75, 3.05) is 13.1 Å². The molecule has 1 aromatic heterocycles. The van der Waals surface area contributed by atoms with Crippen molar-refractivity contribution in [1.82, 2.24) is 20.5 Å². The zero-order chi connectivity index (χ0) is 22.2. The highest BCUT2D eigenvalue weighted by molar-refractivity contribution is 5.81. The number of likely N-dealkylation sites (tertiary alicyclic amines) is 1. The van der Waals surface area contributed by atoms with Crippen LogP contribution >= 0.6 is 0 Å². The predicted molar refractivity (Wildman–Crippen MR) is 118 cm³/mol. The van der Waals surface area contributed by atoms with E-state index in [9.17, 15) is 14.0 Å². The summed E-state index contributed by atoms with van der Waals surface area (Å²) in [5, 5.41) is 5.93. The number of nitrogens with zero attached hydrogens (tertiary/aromatic N) is 2. The first kappa shape index (κ1) is 22.7. The minimum atomic E-state index is -0.286. The monoisotopic (exact) mass is 426 g/mol. The molecule has 31 heavy (non-hydrogen) atoms. The third kappa shape index (κ3) is 6.03. The number of hydrogen-bond acceptors (Lipinski definition) is 3. The van der Waals surface area contributed by atoms with Crippen LogP contribution in [0.25, 0.3) is 0 Å². The second kappa shape index (κ2) is 10.9. The number of carbonyl (C=O) groups is 2. The van der Waals surface area contributed by atoms with Crippen molar-refractivity contribution in [1.29, 1.82) is 0 Å². The Bertz CT molecular complexity index is 890. The van der Waals surface area contributed by atoms with Gasteiger partial charge in [-0.25, -0.2) is 9.18 Å². The Balaban J connectivity index is 1.71. The zero-order valence-electron chi connectivity index (χ0n) is 18.2. The molecule has 2 heterocycles. The van der Waals surface area contributed by atoms with Crippen LogP contribution in [-0.2, 0) is 11.3 Å². The van der Waals surface area contributed by atoms with Gasteiger partial charge in [0, 0.05) is 32.0 Å². The molecule has 1 aromatic carbocycles. The Morgan fingerprint density at radius 1 is 1.23 bits per heavy atom. The lowest BCUT2D eigenvalue weighted by Crippen LogP contribution is -2.50. The summed E-state index contributed by atoms with van der Waals surface area (Å²) in [6.07, 6.45) is 6.62. The maximum atomic E-state index is 13.8. The minimum absolute atomic E-state index is 0.0658. The van der Waals surface area contributed by atoms with Crippen molar-refractivity contribution in [3.63, 3.8) is 0 Å². The summed E-state index contributed by atoms with van der Waals surface area (Å²) in [5.74, 6) is -0.610. The Hall–Kier alpha value is -2.96. The van der Waals surface area contributed by atoms with Gasteiger partial charge in [-0.15, -0.1) is 0 Å². The number of rotatable bonds is 7. The molecule has 1 saturated heterocycles. The molecule has 166 valence electrons. The number of amides is 3. The van der Waals surface area contributed by atoms with Gasteiger partial charge in [-0.05, 0) is 55.0 Å². The van der Waals surface area contributed by atoms with Crippen LogP contribution in [-0.4, -0.2) is 34.9 Å². The highest BCUT2D eigenvalue weighted by Gasteiger charge is 2.35. The fourth-order valence-electron chi connectivity index (χ4n) is 3.94. The fourth-order valence-corrected chi connectivity index (χ4v) is 3.94. The number of piperidine rings is 1. The molecule has 2 N–H and O–H groups in total. The minimum Gasteiger partial charge on any atom is -0.352 e. The van der Waals surface area contributed by atoms with Crippen LogP contribution in [0.3, 0.4) is 0 Å². The maximum absolute atomic E-state index is 13.8. The van der Waals surface area contributed by atoms with Crippen molar-refractivity contribution < 1.29 is 14.0 Å². The number of unbranched alkanes of at least 4 members (excludes halogenated alkanes) is 1. The van der Waals surface area contributed by atoms with E-state index >= 15 is 0 Å². The molecule has 2 unspecified atom stereocenters. The normalized spacial score (nSPS) is 18.5. The average Bonchev–Trinajstić information content (AvgIpc) is 2.79. The molecule has 1 fully saturated rings. The number of nitrogens with one attached hydrogen (secondary N) is 2. The topological polar surface area (TPSA) is 74.3 Å². The van der Waals surface area contributed by atoms with E-state index < -0.39 is 0 Å². The quantitative estimate of drug-likeness (QED) is 0.655. The first-order valence-electron chi connectivity index (χ1n) is 11.0. The van der Waals surface area contributed by atoms with Crippen molar-refractivity contribution in [2.24, 2.45) is 5.92 Å². The molecular weight excluding hydrogens is 395 g/mol. The zero-order valence-corrected chi connectivity index (χ0v) is 18.2. The Kier molecular flexibility index (Phi) is 7.98. The Morgan fingerprint density at radius 2 is 2.06 bits per heavy atom. The molecule has 1 aliphatic rings. The molecule has 7 heteroatoms. The van der Waals surface area contributed by atoms with Crippen molar-refractivity contribution in [3.05, 3.63) is 65.2 Å². The average molecular weight is 427 g/mol. The summed E-state index contributed by atoms with van der Waals surface area (Å²) in [4.78, 5) is 31.6. The van der Waals surface area contributed by atoms with Gasteiger partial charge in [0.15, 0.2) is 0 Å². The molecule has 1 aliphatic heterocycles. The van der Waals surface area contributed by atoms with E-state index in [1.54, 1.807) is 36.4 Å². The molecular formula is C24H31FN4O2. The van der Waals surface area contributed by atoms with Crippen molar-refractivity contribution in [3.8, 4) is 0 Å². The largest absolute Gasteiger partial charge is 0.352 e.